The Morgan fingerprint density at radius 1 is 1.17 bits per heavy atom. The van der Waals surface area contributed by atoms with Gasteiger partial charge in [0.25, 0.3) is 5.91 Å². The number of rotatable bonds is 6. The molecule has 2 unspecified atom stereocenters. The van der Waals surface area contributed by atoms with Gasteiger partial charge in [-0.2, -0.15) is 4.39 Å². The molecule has 1 aliphatic rings. The highest BCUT2D eigenvalue weighted by molar-refractivity contribution is 7.91. The molecule has 35 heavy (non-hydrogen) atoms. The fourth-order valence-corrected chi connectivity index (χ4v) is 6.27. The molecular formula is C21H17FN6O5S2. The fraction of sp³-hybridized carbons (Fsp3) is 0.238. The SMILES string of the molecule is CC1(Cc2nnc(C(c3nc4ccc(-c5ccnc(F)c5)cc4s3)S(C)(=O)=O)o2)NC(=O)NC1=O. The van der Waals surface area contributed by atoms with Crippen molar-refractivity contribution in [1.29, 1.82) is 0 Å². The van der Waals surface area contributed by atoms with E-state index >= 15 is 0 Å². The van der Waals surface area contributed by atoms with Gasteiger partial charge in [0.1, 0.15) is 10.5 Å². The minimum atomic E-state index is -3.79. The van der Waals surface area contributed by atoms with Crippen molar-refractivity contribution in [3.63, 3.8) is 0 Å². The summed E-state index contributed by atoms with van der Waals surface area (Å²) in [5, 5.41) is 11.3. The minimum Gasteiger partial charge on any atom is -0.423 e. The summed E-state index contributed by atoms with van der Waals surface area (Å²) in [5.41, 5.74) is 0.580. The van der Waals surface area contributed by atoms with Gasteiger partial charge in [-0.1, -0.05) is 6.07 Å². The Balaban J connectivity index is 1.49. The topological polar surface area (TPSA) is 157 Å². The number of carbonyl (C=O) groups is 2. The number of hydrogen-bond acceptors (Lipinski definition) is 10. The summed E-state index contributed by atoms with van der Waals surface area (Å²) >= 11 is 1.13. The van der Waals surface area contributed by atoms with Crippen LogP contribution in [0.1, 0.15) is 29.0 Å². The van der Waals surface area contributed by atoms with Gasteiger partial charge in [-0.15, -0.1) is 21.5 Å². The number of halogens is 1. The van der Waals surface area contributed by atoms with E-state index in [1.807, 2.05) is 0 Å². The Morgan fingerprint density at radius 2 is 1.94 bits per heavy atom. The number of aromatic nitrogens is 4. The summed E-state index contributed by atoms with van der Waals surface area (Å²) < 4.78 is 45.3. The molecule has 1 fully saturated rings. The normalized spacial score (nSPS) is 19.1. The molecule has 180 valence electrons. The molecule has 5 rings (SSSR count). The molecule has 4 heterocycles. The first-order chi connectivity index (χ1) is 16.5. The van der Waals surface area contributed by atoms with E-state index in [-0.39, 0.29) is 23.2 Å². The third-order valence-electron chi connectivity index (χ3n) is 5.45. The van der Waals surface area contributed by atoms with Crippen LogP contribution in [0.25, 0.3) is 21.3 Å². The monoisotopic (exact) mass is 516 g/mol. The molecule has 0 saturated carbocycles. The summed E-state index contributed by atoms with van der Waals surface area (Å²) in [4.78, 5) is 31.6. The summed E-state index contributed by atoms with van der Waals surface area (Å²) in [6, 6.07) is 7.57. The molecule has 4 aromatic rings. The van der Waals surface area contributed by atoms with E-state index in [1.165, 1.54) is 19.2 Å². The Morgan fingerprint density at radius 3 is 2.63 bits per heavy atom. The molecule has 1 aliphatic heterocycles. The number of nitrogens with zero attached hydrogens (tertiary/aromatic N) is 4. The van der Waals surface area contributed by atoms with Gasteiger partial charge in [0, 0.05) is 18.5 Å². The molecule has 0 aliphatic carbocycles. The van der Waals surface area contributed by atoms with Crippen LogP contribution in [0, 0.1) is 5.95 Å². The zero-order chi connectivity index (χ0) is 25.0. The first-order valence-electron chi connectivity index (χ1n) is 10.2. The lowest BCUT2D eigenvalue weighted by Crippen LogP contribution is -2.45. The highest BCUT2D eigenvalue weighted by Gasteiger charge is 2.44. The second-order valence-electron chi connectivity index (χ2n) is 8.26. The predicted octanol–water partition coefficient (Wildman–Crippen LogP) is 2.15. The van der Waals surface area contributed by atoms with Crippen LogP contribution in [0.4, 0.5) is 9.18 Å². The maximum Gasteiger partial charge on any atom is 0.322 e. The average molecular weight is 517 g/mol. The van der Waals surface area contributed by atoms with Crippen LogP contribution in [-0.4, -0.2) is 52.3 Å². The zero-order valence-electron chi connectivity index (χ0n) is 18.3. The smallest absolute Gasteiger partial charge is 0.322 e. The molecule has 0 bridgehead atoms. The molecule has 14 heteroatoms. The third-order valence-corrected chi connectivity index (χ3v) is 7.96. The van der Waals surface area contributed by atoms with Gasteiger partial charge in [0.05, 0.1) is 16.6 Å². The van der Waals surface area contributed by atoms with Crippen LogP contribution >= 0.6 is 11.3 Å². The van der Waals surface area contributed by atoms with Crippen molar-refractivity contribution in [1.82, 2.24) is 30.8 Å². The Bertz CT molecular complexity index is 1600. The number of thiazole rings is 1. The van der Waals surface area contributed by atoms with Gasteiger partial charge in [0.15, 0.2) is 15.1 Å². The van der Waals surface area contributed by atoms with Crippen molar-refractivity contribution in [3.05, 3.63) is 59.3 Å². The Labute approximate surface area is 201 Å². The lowest BCUT2D eigenvalue weighted by Gasteiger charge is -2.17. The number of carbonyl (C=O) groups excluding carboxylic acids is 2. The van der Waals surface area contributed by atoms with E-state index in [2.05, 4.69) is 30.8 Å². The third kappa shape index (κ3) is 4.37. The van der Waals surface area contributed by atoms with Crippen molar-refractivity contribution < 1.29 is 26.8 Å². The van der Waals surface area contributed by atoms with Gasteiger partial charge in [0.2, 0.25) is 17.7 Å². The molecule has 0 radical (unpaired) electrons. The Kier molecular flexibility index (Phi) is 5.36. The summed E-state index contributed by atoms with van der Waals surface area (Å²) in [6.45, 7) is 1.49. The van der Waals surface area contributed by atoms with Crippen LogP contribution in [-0.2, 0) is 21.1 Å². The molecule has 0 spiro atoms. The van der Waals surface area contributed by atoms with Crippen LogP contribution in [0.5, 0.6) is 0 Å². The quantitative estimate of drug-likeness (QED) is 0.289. The van der Waals surface area contributed by atoms with Crippen molar-refractivity contribution >= 4 is 43.3 Å². The Hall–Kier alpha value is -3.78. The van der Waals surface area contributed by atoms with Gasteiger partial charge >= 0.3 is 6.03 Å². The number of nitrogens with one attached hydrogen (secondary N) is 2. The van der Waals surface area contributed by atoms with E-state index in [0.29, 0.717) is 15.8 Å². The molecule has 1 aromatic carbocycles. The van der Waals surface area contributed by atoms with Crippen LogP contribution in [0.3, 0.4) is 0 Å². The average Bonchev–Trinajstić information content (AvgIpc) is 3.44. The molecule has 2 atom stereocenters. The number of sulfone groups is 1. The summed E-state index contributed by atoms with van der Waals surface area (Å²) in [5.74, 6) is -1.39. The van der Waals surface area contributed by atoms with Gasteiger partial charge in [-0.3, -0.25) is 10.1 Å². The zero-order valence-corrected chi connectivity index (χ0v) is 19.9. The maximum atomic E-state index is 13.5. The van der Waals surface area contributed by atoms with Gasteiger partial charge < -0.3 is 9.73 Å². The first-order valence-corrected chi connectivity index (χ1v) is 13.0. The largest absolute Gasteiger partial charge is 0.423 e. The predicted molar refractivity (Wildman–Crippen MR) is 123 cm³/mol. The van der Waals surface area contributed by atoms with Gasteiger partial charge in [-0.05, 0) is 36.2 Å². The molecular weight excluding hydrogens is 499 g/mol. The molecule has 11 nitrogen and oxygen atoms in total. The van der Waals surface area contributed by atoms with E-state index < -0.39 is 38.5 Å². The second kappa shape index (κ2) is 8.16. The van der Waals surface area contributed by atoms with E-state index in [9.17, 15) is 22.4 Å². The lowest BCUT2D eigenvalue weighted by molar-refractivity contribution is -0.123. The highest BCUT2D eigenvalue weighted by atomic mass is 32.2. The lowest BCUT2D eigenvalue weighted by atomic mass is 9.98. The van der Waals surface area contributed by atoms with Crippen LogP contribution < -0.4 is 10.6 Å². The van der Waals surface area contributed by atoms with Crippen LogP contribution in [0.2, 0.25) is 0 Å². The molecule has 2 N–H and O–H groups in total. The van der Waals surface area contributed by atoms with Crippen molar-refractivity contribution in [2.75, 3.05) is 6.26 Å². The number of urea groups is 1. The summed E-state index contributed by atoms with van der Waals surface area (Å²) in [7, 11) is -3.79. The van der Waals surface area contributed by atoms with E-state index in [1.54, 1.807) is 24.3 Å². The van der Waals surface area contributed by atoms with Crippen molar-refractivity contribution in [2.45, 2.75) is 24.1 Å². The number of fused-ring (bicyclic) bond motifs is 1. The van der Waals surface area contributed by atoms with Crippen molar-refractivity contribution in [3.8, 4) is 11.1 Å². The van der Waals surface area contributed by atoms with E-state index in [4.69, 9.17) is 4.42 Å². The number of pyridine rings is 1. The number of amides is 3. The summed E-state index contributed by atoms with van der Waals surface area (Å²) in [6.07, 6.45) is 2.27. The highest BCUT2D eigenvalue weighted by Crippen LogP contribution is 2.36. The fourth-order valence-electron chi connectivity index (χ4n) is 3.74. The standard InChI is InChI=1S/C21H17FN6O5S2/c1-21(19(29)25-20(30)26-21)9-15-27-28-17(33-15)16(35(2,31)32)18-24-12-4-3-10(7-13(12)34-18)11-5-6-23-14(22)8-11/h3-8,16H,9H2,1-2H3,(H2,25,26,29,30). The maximum absolute atomic E-state index is 13.5. The number of hydrogen-bond donors (Lipinski definition) is 2. The number of benzene rings is 1. The first kappa shape index (κ1) is 23.0. The van der Waals surface area contributed by atoms with Crippen molar-refractivity contribution in [2.24, 2.45) is 0 Å². The van der Waals surface area contributed by atoms with Gasteiger partial charge in [-0.25, -0.2) is 23.2 Å². The van der Waals surface area contributed by atoms with E-state index in [0.717, 1.165) is 23.2 Å². The molecule has 3 aromatic heterocycles. The molecule has 3 amide bonds. The molecule has 1 saturated heterocycles. The second-order valence-corrected chi connectivity index (χ2v) is 11.5. The number of imide groups is 1. The van der Waals surface area contributed by atoms with Crippen LogP contribution in [0.15, 0.2) is 40.9 Å². The minimum absolute atomic E-state index is 0.0170.